The highest BCUT2D eigenvalue weighted by molar-refractivity contribution is 5.88. The fraction of sp³-hybridized carbons (Fsp3) is 0.737. The lowest BCUT2D eigenvalue weighted by Crippen LogP contribution is -2.52. The van der Waals surface area contributed by atoms with Crippen LogP contribution in [0.1, 0.15) is 46.5 Å². The molecule has 7 nitrogen and oxygen atoms in total. The summed E-state index contributed by atoms with van der Waals surface area (Å²) in [6.07, 6.45) is 7.99. The second kappa shape index (κ2) is 9.05. The highest BCUT2D eigenvalue weighted by Gasteiger charge is 2.24. The van der Waals surface area contributed by atoms with Gasteiger partial charge in [-0.15, -0.1) is 0 Å². The Morgan fingerprint density at radius 1 is 1.04 bits per heavy atom. The highest BCUT2D eigenvalue weighted by atomic mass is 16.6. The van der Waals surface area contributed by atoms with Crippen LogP contribution in [0.3, 0.4) is 0 Å². The SMILES string of the molecule is CC(C)(C)OC(=O)NCC(=O)N1CCN(C(=O)/C=C/C2CCCC2)CC1. The first kappa shape index (κ1) is 20.3. The summed E-state index contributed by atoms with van der Waals surface area (Å²) in [5.74, 6) is 0.404. The van der Waals surface area contributed by atoms with Crippen LogP contribution in [0.25, 0.3) is 0 Å². The van der Waals surface area contributed by atoms with E-state index >= 15 is 0 Å². The second-order valence-electron chi connectivity index (χ2n) is 7.97. The molecule has 26 heavy (non-hydrogen) atoms. The number of ether oxygens (including phenoxy) is 1. The van der Waals surface area contributed by atoms with E-state index in [1.165, 1.54) is 25.7 Å². The molecule has 1 heterocycles. The summed E-state index contributed by atoms with van der Waals surface area (Å²) in [6, 6.07) is 0. The summed E-state index contributed by atoms with van der Waals surface area (Å²) < 4.78 is 5.11. The number of carbonyl (C=O) groups is 3. The molecule has 1 N–H and O–H groups in total. The average molecular weight is 365 g/mol. The van der Waals surface area contributed by atoms with E-state index in [1.54, 1.807) is 36.6 Å². The zero-order chi connectivity index (χ0) is 19.2. The molecule has 1 saturated heterocycles. The molecular weight excluding hydrogens is 334 g/mol. The molecule has 0 aromatic heterocycles. The number of rotatable bonds is 4. The molecule has 0 bridgehead atoms. The largest absolute Gasteiger partial charge is 0.444 e. The van der Waals surface area contributed by atoms with Crippen molar-refractivity contribution in [1.29, 1.82) is 0 Å². The van der Waals surface area contributed by atoms with Gasteiger partial charge in [0, 0.05) is 26.2 Å². The maximum absolute atomic E-state index is 12.2. The van der Waals surface area contributed by atoms with Crippen LogP contribution < -0.4 is 5.32 Å². The molecule has 0 unspecified atom stereocenters. The van der Waals surface area contributed by atoms with Crippen LogP contribution in [0, 0.1) is 5.92 Å². The number of allylic oxidation sites excluding steroid dienone is 1. The number of piperazine rings is 1. The zero-order valence-electron chi connectivity index (χ0n) is 16.1. The Hall–Kier alpha value is -2.05. The first-order chi connectivity index (χ1) is 12.2. The number of carbonyl (C=O) groups excluding carboxylic acids is 3. The predicted molar refractivity (Wildman–Crippen MR) is 98.5 cm³/mol. The summed E-state index contributed by atoms with van der Waals surface area (Å²) in [5, 5.41) is 2.48. The van der Waals surface area contributed by atoms with Gasteiger partial charge < -0.3 is 19.9 Å². The van der Waals surface area contributed by atoms with Gasteiger partial charge in [0.2, 0.25) is 11.8 Å². The third-order valence-corrected chi connectivity index (χ3v) is 4.64. The van der Waals surface area contributed by atoms with Gasteiger partial charge in [0.25, 0.3) is 0 Å². The molecule has 146 valence electrons. The molecule has 0 aromatic rings. The third-order valence-electron chi connectivity index (χ3n) is 4.64. The normalized spacial score (nSPS) is 19.0. The van der Waals surface area contributed by atoms with Crippen molar-refractivity contribution in [3.05, 3.63) is 12.2 Å². The topological polar surface area (TPSA) is 79.0 Å². The summed E-state index contributed by atoms with van der Waals surface area (Å²) in [7, 11) is 0. The van der Waals surface area contributed by atoms with Crippen LogP contribution in [0.5, 0.6) is 0 Å². The fourth-order valence-electron chi connectivity index (χ4n) is 3.22. The first-order valence-electron chi connectivity index (χ1n) is 9.46. The molecule has 2 fully saturated rings. The summed E-state index contributed by atoms with van der Waals surface area (Å²) in [5.41, 5.74) is -0.592. The second-order valence-corrected chi connectivity index (χ2v) is 7.97. The summed E-state index contributed by atoms with van der Waals surface area (Å²) in [4.78, 5) is 39.5. The van der Waals surface area contributed by atoms with Crippen molar-refractivity contribution in [1.82, 2.24) is 15.1 Å². The molecule has 2 rings (SSSR count). The molecule has 1 saturated carbocycles. The quantitative estimate of drug-likeness (QED) is 0.772. The Morgan fingerprint density at radius 3 is 2.19 bits per heavy atom. The standard InChI is InChI=1S/C19H31N3O4/c1-19(2,3)26-18(25)20-14-17(24)22-12-10-21(11-13-22)16(23)9-8-15-6-4-5-7-15/h8-9,15H,4-7,10-14H2,1-3H3,(H,20,25)/b9-8+. The minimum absolute atomic E-state index is 0.0240. The third kappa shape index (κ3) is 6.69. The smallest absolute Gasteiger partial charge is 0.408 e. The lowest BCUT2D eigenvalue weighted by molar-refractivity contribution is -0.136. The lowest BCUT2D eigenvalue weighted by Gasteiger charge is -2.34. The number of nitrogens with one attached hydrogen (secondary N) is 1. The molecule has 3 amide bonds. The number of hydrogen-bond donors (Lipinski definition) is 1. The van der Waals surface area contributed by atoms with E-state index in [9.17, 15) is 14.4 Å². The molecule has 1 aliphatic heterocycles. The Kier molecular flexibility index (Phi) is 7.06. The highest BCUT2D eigenvalue weighted by Crippen LogP contribution is 2.25. The van der Waals surface area contributed by atoms with Crippen LogP contribution in [0.4, 0.5) is 4.79 Å². The molecule has 0 atom stereocenters. The van der Waals surface area contributed by atoms with E-state index in [0.717, 1.165) is 0 Å². The van der Waals surface area contributed by atoms with E-state index in [1.807, 2.05) is 6.08 Å². The molecule has 1 aliphatic carbocycles. The molecule has 0 spiro atoms. The van der Waals surface area contributed by atoms with Gasteiger partial charge in [0.15, 0.2) is 0 Å². The zero-order valence-corrected chi connectivity index (χ0v) is 16.1. The van der Waals surface area contributed by atoms with Gasteiger partial charge in [0.1, 0.15) is 12.1 Å². The van der Waals surface area contributed by atoms with Crippen molar-refractivity contribution in [3.8, 4) is 0 Å². The molecule has 0 radical (unpaired) electrons. The van der Waals surface area contributed by atoms with Gasteiger partial charge in [-0.2, -0.15) is 0 Å². The van der Waals surface area contributed by atoms with Crippen molar-refractivity contribution < 1.29 is 19.1 Å². The Bertz CT molecular complexity index is 539. The van der Waals surface area contributed by atoms with Gasteiger partial charge in [0.05, 0.1) is 0 Å². The maximum atomic E-state index is 12.2. The average Bonchev–Trinajstić information content (AvgIpc) is 3.09. The van der Waals surface area contributed by atoms with Gasteiger partial charge in [-0.1, -0.05) is 18.9 Å². The van der Waals surface area contributed by atoms with Gasteiger partial charge >= 0.3 is 6.09 Å². The summed E-state index contributed by atoms with van der Waals surface area (Å²) in [6.45, 7) is 7.22. The monoisotopic (exact) mass is 365 g/mol. The van der Waals surface area contributed by atoms with E-state index in [0.29, 0.717) is 32.1 Å². The van der Waals surface area contributed by atoms with Gasteiger partial charge in [-0.3, -0.25) is 9.59 Å². The summed E-state index contributed by atoms with van der Waals surface area (Å²) >= 11 is 0. The Balaban J connectivity index is 1.69. The number of alkyl carbamates (subject to hydrolysis) is 1. The van der Waals surface area contributed by atoms with Crippen LogP contribution in [-0.4, -0.2) is 66.0 Å². The minimum Gasteiger partial charge on any atom is -0.444 e. The molecule has 7 heteroatoms. The van der Waals surface area contributed by atoms with Crippen molar-refractivity contribution in [2.45, 2.75) is 52.1 Å². The fourth-order valence-corrected chi connectivity index (χ4v) is 3.22. The van der Waals surface area contributed by atoms with Crippen molar-refractivity contribution in [2.24, 2.45) is 5.92 Å². The van der Waals surface area contributed by atoms with Crippen LogP contribution in [0.15, 0.2) is 12.2 Å². The molecule has 2 aliphatic rings. The first-order valence-corrected chi connectivity index (χ1v) is 9.46. The maximum Gasteiger partial charge on any atom is 0.408 e. The molecular formula is C19H31N3O4. The number of nitrogens with zero attached hydrogens (tertiary/aromatic N) is 2. The van der Waals surface area contributed by atoms with E-state index in [-0.39, 0.29) is 18.4 Å². The van der Waals surface area contributed by atoms with Crippen molar-refractivity contribution in [2.75, 3.05) is 32.7 Å². The van der Waals surface area contributed by atoms with Crippen LogP contribution in [0.2, 0.25) is 0 Å². The van der Waals surface area contributed by atoms with Crippen LogP contribution in [-0.2, 0) is 14.3 Å². The van der Waals surface area contributed by atoms with Gasteiger partial charge in [-0.25, -0.2) is 4.79 Å². The van der Waals surface area contributed by atoms with E-state index in [4.69, 9.17) is 4.74 Å². The Morgan fingerprint density at radius 2 is 1.62 bits per heavy atom. The van der Waals surface area contributed by atoms with E-state index < -0.39 is 11.7 Å². The molecule has 0 aromatic carbocycles. The number of hydrogen-bond acceptors (Lipinski definition) is 4. The van der Waals surface area contributed by atoms with Crippen molar-refractivity contribution >= 4 is 17.9 Å². The van der Waals surface area contributed by atoms with Gasteiger partial charge in [-0.05, 0) is 45.6 Å². The minimum atomic E-state index is -0.600. The number of amides is 3. The Labute approximate surface area is 155 Å². The van der Waals surface area contributed by atoms with Crippen molar-refractivity contribution in [3.63, 3.8) is 0 Å². The van der Waals surface area contributed by atoms with Crippen LogP contribution >= 0.6 is 0 Å². The lowest BCUT2D eigenvalue weighted by atomic mass is 10.1. The predicted octanol–water partition coefficient (Wildman–Crippen LogP) is 1.93. The van der Waals surface area contributed by atoms with E-state index in [2.05, 4.69) is 5.32 Å².